The zero-order valence-electron chi connectivity index (χ0n) is 32.2. The number of fused-ring (bicyclic) bond motifs is 1. The molecule has 0 radical (unpaired) electrons. The van der Waals surface area contributed by atoms with Crippen LogP contribution in [0.25, 0.3) is 22.3 Å². The first-order valence-electron chi connectivity index (χ1n) is 17.7. The Hall–Kier alpha value is -3.97. The predicted octanol–water partition coefficient (Wildman–Crippen LogP) is 6.97. The highest BCUT2D eigenvalue weighted by Crippen LogP contribution is 2.36. The zero-order valence-corrected chi connectivity index (χ0v) is 36.2. The molecule has 298 valence electrons. The van der Waals surface area contributed by atoms with Crippen LogP contribution in [-0.4, -0.2) is 73.9 Å². The van der Waals surface area contributed by atoms with E-state index in [2.05, 4.69) is 52.5 Å². The Labute approximate surface area is 352 Å². The van der Waals surface area contributed by atoms with E-state index in [1.54, 1.807) is 4.90 Å². The maximum absolute atomic E-state index is 13.6. The number of carbonyl (C=O) groups is 3. The Morgan fingerprint density at radius 3 is 2.20 bits per heavy atom. The number of likely N-dealkylation sites (tertiary alicyclic amines) is 2. The molecule has 4 aromatic rings. The molecule has 2 aliphatic heterocycles. The largest absolute Gasteiger partial charge is 0.453 e. The van der Waals surface area contributed by atoms with Gasteiger partial charge in [0.05, 0.1) is 42.1 Å². The van der Waals surface area contributed by atoms with Crippen LogP contribution in [-0.2, 0) is 14.3 Å². The van der Waals surface area contributed by atoms with E-state index in [1.807, 2.05) is 74.3 Å². The highest BCUT2D eigenvalue weighted by atomic mass is 32.1. The number of hydrogen-bond acceptors (Lipinski definition) is 6. The summed E-state index contributed by atoms with van der Waals surface area (Å²) >= 11 is 0. The molecule has 3 amide bonds. The third-order valence-electron chi connectivity index (χ3n) is 10.1. The lowest BCUT2D eigenvalue weighted by molar-refractivity contribution is -0.137. The quantitative estimate of drug-likeness (QED) is 0.130. The molecule has 15 heteroatoms. The smallest absolute Gasteiger partial charge is 0.407 e. The molecule has 3 N–H and O–H groups in total. The maximum atomic E-state index is 13.6. The van der Waals surface area contributed by atoms with Gasteiger partial charge in [0.2, 0.25) is 11.8 Å². The van der Waals surface area contributed by atoms with E-state index in [4.69, 9.17) is 9.72 Å². The molecular formula is C40H55N7O4S4. The van der Waals surface area contributed by atoms with E-state index in [1.165, 1.54) is 7.11 Å². The number of alkyl carbamates (subject to hydrolysis) is 1. The van der Waals surface area contributed by atoms with Crippen molar-refractivity contribution in [3.8, 4) is 23.1 Å². The Morgan fingerprint density at radius 1 is 0.873 bits per heavy atom. The van der Waals surface area contributed by atoms with Gasteiger partial charge in [0.1, 0.15) is 17.7 Å². The second-order valence-electron chi connectivity index (χ2n) is 14.4. The molecule has 2 aliphatic rings. The molecule has 11 nitrogen and oxygen atoms in total. The van der Waals surface area contributed by atoms with Crippen LogP contribution in [0, 0.1) is 29.6 Å². The standard InChI is InChI=1S/C40H47N7O4.4H2S/c1-23(2)26(6)38(48)46-18-8-9-33(46)36-41-21-32(44-36)29-15-12-27(13-16-29)10-11-28-14-17-30-31(20-28)43-37(42-30)34-19-25(5)22-47(34)39(49)35(24(3)4)45-40(50)51-7;;;;/h12-17,20-21,23-24,26,33-35H,5,8-9,18-19,22H2,1-4,6-7H3,(H,41,44)(H,42,43)(H,45,50);4*1H2/t26-,33-,34-,35-;;;;/m0..../s1. The summed E-state index contributed by atoms with van der Waals surface area (Å²) < 4.78 is 4.75. The minimum absolute atomic E-state index is 0. The van der Waals surface area contributed by atoms with Crippen molar-refractivity contribution in [3.05, 3.63) is 83.6 Å². The van der Waals surface area contributed by atoms with Crippen LogP contribution in [0.15, 0.2) is 60.8 Å². The van der Waals surface area contributed by atoms with Crippen LogP contribution in [0.2, 0.25) is 0 Å². The highest BCUT2D eigenvalue weighted by Gasteiger charge is 2.39. The highest BCUT2D eigenvalue weighted by molar-refractivity contribution is 7.59. The van der Waals surface area contributed by atoms with Gasteiger partial charge in [-0.15, -0.1) is 0 Å². The summed E-state index contributed by atoms with van der Waals surface area (Å²) in [6.07, 6.45) is 3.66. The Kier molecular flexibility index (Phi) is 17.4. The Morgan fingerprint density at radius 2 is 1.55 bits per heavy atom. The van der Waals surface area contributed by atoms with Crippen molar-refractivity contribution in [2.24, 2.45) is 17.8 Å². The van der Waals surface area contributed by atoms with Crippen LogP contribution in [0.5, 0.6) is 0 Å². The number of aromatic nitrogens is 4. The Balaban J connectivity index is 0.00000261. The number of aromatic amines is 2. The van der Waals surface area contributed by atoms with Crippen LogP contribution in [0.4, 0.5) is 4.79 Å². The SMILES string of the molecule is C=C1C[C@@H](c2nc3ccc(C#Cc4ccc(-c5cnc([C@@H]6CCCN6C(=O)[C@@H](C)C(C)C)[nH]5)cc4)cc3[nH]2)N(C(=O)[C@@H](NC(=O)OC)C(C)C)C1.S.S.S.S. The van der Waals surface area contributed by atoms with Crippen LogP contribution < -0.4 is 5.32 Å². The monoisotopic (exact) mass is 825 g/mol. The lowest BCUT2D eigenvalue weighted by Gasteiger charge is -2.29. The number of H-pyrrole nitrogens is 2. The van der Waals surface area contributed by atoms with E-state index >= 15 is 0 Å². The molecular weight excluding hydrogens is 771 g/mol. The summed E-state index contributed by atoms with van der Waals surface area (Å²) in [6, 6.07) is 12.8. The van der Waals surface area contributed by atoms with E-state index < -0.39 is 12.1 Å². The number of amides is 3. The van der Waals surface area contributed by atoms with E-state index in [-0.39, 0.29) is 89.7 Å². The van der Waals surface area contributed by atoms with Crippen molar-refractivity contribution in [3.63, 3.8) is 0 Å². The molecule has 4 heterocycles. The van der Waals surface area contributed by atoms with Gasteiger partial charge in [0, 0.05) is 30.1 Å². The fourth-order valence-corrected chi connectivity index (χ4v) is 6.81. The molecule has 0 aliphatic carbocycles. The third kappa shape index (κ3) is 10.5. The number of nitrogens with one attached hydrogen (secondary N) is 3. The van der Waals surface area contributed by atoms with Gasteiger partial charge in [-0.25, -0.2) is 14.8 Å². The summed E-state index contributed by atoms with van der Waals surface area (Å²) in [6.45, 7) is 15.3. The number of carbonyl (C=O) groups excluding carboxylic acids is 3. The number of benzene rings is 2. The molecule has 2 aromatic carbocycles. The summed E-state index contributed by atoms with van der Waals surface area (Å²) in [5.41, 5.74) is 6.12. The number of methoxy groups -OCH3 is 1. The second-order valence-corrected chi connectivity index (χ2v) is 14.4. The molecule has 2 fully saturated rings. The second kappa shape index (κ2) is 20.3. The minimum atomic E-state index is -0.735. The lowest BCUT2D eigenvalue weighted by Crippen LogP contribution is -2.51. The molecule has 0 bridgehead atoms. The van der Waals surface area contributed by atoms with Crippen LogP contribution in [0.3, 0.4) is 0 Å². The number of ether oxygens (including phenoxy) is 1. The van der Waals surface area contributed by atoms with Crippen molar-refractivity contribution in [1.29, 1.82) is 0 Å². The first kappa shape index (κ1) is 47.2. The fraction of sp³-hybridized carbons (Fsp3) is 0.425. The molecule has 2 saturated heterocycles. The van der Waals surface area contributed by atoms with Gasteiger partial charge < -0.3 is 29.8 Å². The molecule has 0 saturated carbocycles. The first-order valence-corrected chi connectivity index (χ1v) is 17.7. The van der Waals surface area contributed by atoms with E-state index in [0.29, 0.717) is 24.7 Å². The van der Waals surface area contributed by atoms with Gasteiger partial charge in [-0.05, 0) is 67.0 Å². The topological polar surface area (TPSA) is 136 Å². The zero-order chi connectivity index (χ0) is 36.4. The van der Waals surface area contributed by atoms with Gasteiger partial charge in [0.15, 0.2) is 0 Å². The molecule has 0 unspecified atom stereocenters. The molecule has 55 heavy (non-hydrogen) atoms. The third-order valence-corrected chi connectivity index (χ3v) is 10.1. The maximum Gasteiger partial charge on any atom is 0.407 e. The van der Waals surface area contributed by atoms with Gasteiger partial charge in [-0.3, -0.25) is 9.59 Å². The van der Waals surface area contributed by atoms with Crippen molar-refractivity contribution in [1.82, 2.24) is 35.1 Å². The summed E-state index contributed by atoms with van der Waals surface area (Å²) in [5, 5.41) is 2.68. The lowest BCUT2D eigenvalue weighted by atomic mass is 9.96. The van der Waals surface area contributed by atoms with Crippen LogP contribution in [0.1, 0.15) is 88.7 Å². The molecule has 4 atom stereocenters. The number of hydrogen-bond donors (Lipinski definition) is 3. The van der Waals surface area contributed by atoms with E-state index in [9.17, 15) is 14.4 Å². The Bertz CT molecular complexity index is 2020. The van der Waals surface area contributed by atoms with Gasteiger partial charge >= 0.3 is 6.09 Å². The molecule has 0 spiro atoms. The number of imidazole rings is 2. The first-order chi connectivity index (χ1) is 24.4. The fourth-order valence-electron chi connectivity index (χ4n) is 6.81. The number of rotatable bonds is 8. The van der Waals surface area contributed by atoms with Crippen molar-refractivity contribution < 1.29 is 19.1 Å². The average Bonchev–Trinajstić information content (AvgIpc) is 3.94. The van der Waals surface area contributed by atoms with Crippen molar-refractivity contribution in [2.75, 3.05) is 20.2 Å². The normalized spacial score (nSPS) is 17.3. The summed E-state index contributed by atoms with van der Waals surface area (Å²) in [4.78, 5) is 58.8. The van der Waals surface area contributed by atoms with Crippen LogP contribution >= 0.6 is 54.0 Å². The van der Waals surface area contributed by atoms with E-state index in [0.717, 1.165) is 64.2 Å². The summed E-state index contributed by atoms with van der Waals surface area (Å²) in [5.74, 6) is 8.16. The summed E-state index contributed by atoms with van der Waals surface area (Å²) in [7, 11) is 1.28. The predicted molar refractivity (Wildman–Crippen MR) is 238 cm³/mol. The molecule has 6 rings (SSSR count). The van der Waals surface area contributed by atoms with Crippen molar-refractivity contribution >= 4 is 82.9 Å². The van der Waals surface area contributed by atoms with Gasteiger partial charge in [-0.1, -0.05) is 70.7 Å². The molecule has 2 aromatic heterocycles. The minimum Gasteiger partial charge on any atom is -0.453 e. The van der Waals surface area contributed by atoms with Crippen molar-refractivity contribution in [2.45, 2.75) is 72.0 Å². The number of nitrogens with zero attached hydrogens (tertiary/aromatic N) is 4. The van der Waals surface area contributed by atoms with Gasteiger partial charge in [-0.2, -0.15) is 54.0 Å². The average molecular weight is 826 g/mol. The van der Waals surface area contributed by atoms with Gasteiger partial charge in [0.25, 0.3) is 0 Å².